The second-order valence-electron chi connectivity index (χ2n) is 5.43. The zero-order valence-corrected chi connectivity index (χ0v) is 13.1. The molecule has 0 fully saturated rings. The van der Waals surface area contributed by atoms with E-state index in [-0.39, 0.29) is 17.7 Å². The lowest BCUT2D eigenvalue weighted by Gasteiger charge is -2.20. The fourth-order valence-electron chi connectivity index (χ4n) is 2.78. The van der Waals surface area contributed by atoms with Gasteiger partial charge in [-0.15, -0.1) is 0 Å². The maximum Gasteiger partial charge on any atom is 0.240 e. The van der Waals surface area contributed by atoms with E-state index in [9.17, 15) is 9.90 Å². The number of carbonyl (C=O) groups excluding carboxylic acids is 1. The summed E-state index contributed by atoms with van der Waals surface area (Å²) in [6, 6.07) is 14.9. The van der Waals surface area contributed by atoms with Gasteiger partial charge in [-0.25, -0.2) is 5.01 Å². The standard InChI is InChI=1S/C18H18N2O3/c1-12(21)20-16(13-6-4-3-5-7-13)11-15(19-20)14-8-9-18(23-2)17(22)10-14/h3-10,16,22H,11H2,1-2H3/t16-/m1/s1. The molecule has 2 aromatic rings. The lowest BCUT2D eigenvalue weighted by atomic mass is 9.98. The number of amides is 1. The first kappa shape index (κ1) is 15.1. The number of nitrogens with zero attached hydrogens (tertiary/aromatic N) is 2. The molecule has 1 amide bonds. The van der Waals surface area contributed by atoms with Crippen LogP contribution in [0.3, 0.4) is 0 Å². The number of hydrogen-bond donors (Lipinski definition) is 1. The normalized spacial score (nSPS) is 17.0. The van der Waals surface area contributed by atoms with Crippen LogP contribution in [-0.4, -0.2) is 28.8 Å². The van der Waals surface area contributed by atoms with Crippen molar-refractivity contribution in [3.63, 3.8) is 0 Å². The maximum absolute atomic E-state index is 11.9. The molecule has 2 aromatic carbocycles. The second kappa shape index (κ2) is 6.12. The van der Waals surface area contributed by atoms with Crippen LogP contribution < -0.4 is 4.74 Å². The Morgan fingerprint density at radius 1 is 1.26 bits per heavy atom. The average molecular weight is 310 g/mol. The number of hydrogen-bond acceptors (Lipinski definition) is 4. The lowest BCUT2D eigenvalue weighted by Crippen LogP contribution is -2.24. The van der Waals surface area contributed by atoms with Crippen LogP contribution in [0.5, 0.6) is 11.5 Å². The molecule has 23 heavy (non-hydrogen) atoms. The van der Waals surface area contributed by atoms with Crippen LogP contribution in [0.25, 0.3) is 0 Å². The van der Waals surface area contributed by atoms with Crippen molar-refractivity contribution >= 4 is 11.6 Å². The van der Waals surface area contributed by atoms with E-state index < -0.39 is 0 Å². The fraction of sp³-hybridized carbons (Fsp3) is 0.222. The van der Waals surface area contributed by atoms with Crippen molar-refractivity contribution < 1.29 is 14.6 Å². The highest BCUT2D eigenvalue weighted by atomic mass is 16.5. The Morgan fingerprint density at radius 2 is 2.00 bits per heavy atom. The molecular weight excluding hydrogens is 292 g/mol. The molecule has 0 unspecified atom stereocenters. The van der Waals surface area contributed by atoms with Gasteiger partial charge in [-0.2, -0.15) is 5.10 Å². The third-order valence-corrected chi connectivity index (χ3v) is 3.93. The van der Waals surface area contributed by atoms with Crippen molar-refractivity contribution in [1.29, 1.82) is 0 Å². The zero-order chi connectivity index (χ0) is 16.4. The van der Waals surface area contributed by atoms with Crippen LogP contribution >= 0.6 is 0 Å². The van der Waals surface area contributed by atoms with Crippen molar-refractivity contribution in [3.05, 3.63) is 59.7 Å². The summed E-state index contributed by atoms with van der Waals surface area (Å²) < 4.78 is 5.06. The predicted molar refractivity (Wildman–Crippen MR) is 87.5 cm³/mol. The first-order chi connectivity index (χ1) is 11.1. The van der Waals surface area contributed by atoms with Crippen LogP contribution in [-0.2, 0) is 4.79 Å². The van der Waals surface area contributed by atoms with E-state index in [4.69, 9.17) is 4.74 Å². The van der Waals surface area contributed by atoms with Gasteiger partial charge in [0.2, 0.25) is 5.91 Å². The summed E-state index contributed by atoms with van der Waals surface area (Å²) in [5.41, 5.74) is 2.60. The highest BCUT2D eigenvalue weighted by Crippen LogP contribution is 2.34. The Kier molecular flexibility index (Phi) is 4.02. The predicted octanol–water partition coefficient (Wildman–Crippen LogP) is 3.10. The first-order valence-corrected chi connectivity index (χ1v) is 7.39. The number of methoxy groups -OCH3 is 1. The van der Waals surface area contributed by atoms with Crippen LogP contribution in [0, 0.1) is 0 Å². The van der Waals surface area contributed by atoms with Crippen molar-refractivity contribution in [3.8, 4) is 11.5 Å². The summed E-state index contributed by atoms with van der Waals surface area (Å²) >= 11 is 0. The number of carbonyl (C=O) groups is 1. The minimum absolute atomic E-state index is 0.0604. The number of benzene rings is 2. The zero-order valence-electron chi connectivity index (χ0n) is 13.1. The minimum Gasteiger partial charge on any atom is -0.504 e. The summed E-state index contributed by atoms with van der Waals surface area (Å²) in [5, 5.41) is 15.9. The van der Waals surface area contributed by atoms with Gasteiger partial charge in [0.05, 0.1) is 18.9 Å². The SMILES string of the molecule is COc1ccc(C2=NN(C(C)=O)[C@@H](c3ccccc3)C2)cc1O. The summed E-state index contributed by atoms with van der Waals surface area (Å²) in [6.07, 6.45) is 0.607. The molecule has 1 heterocycles. The fourth-order valence-corrected chi connectivity index (χ4v) is 2.78. The molecular formula is C18H18N2O3. The lowest BCUT2D eigenvalue weighted by molar-refractivity contribution is -0.130. The van der Waals surface area contributed by atoms with E-state index in [2.05, 4.69) is 5.10 Å². The molecule has 0 saturated carbocycles. The van der Waals surface area contributed by atoms with Crippen LogP contribution in [0.2, 0.25) is 0 Å². The molecule has 0 bridgehead atoms. The largest absolute Gasteiger partial charge is 0.504 e. The Labute approximate surface area is 134 Å². The third-order valence-electron chi connectivity index (χ3n) is 3.93. The van der Waals surface area contributed by atoms with E-state index in [0.717, 1.165) is 16.8 Å². The molecule has 1 aliphatic heterocycles. The van der Waals surface area contributed by atoms with E-state index >= 15 is 0 Å². The van der Waals surface area contributed by atoms with Gasteiger partial charge in [0.15, 0.2) is 11.5 Å². The number of phenolic OH excluding ortho intramolecular Hbond substituents is 1. The highest BCUT2D eigenvalue weighted by molar-refractivity contribution is 6.03. The van der Waals surface area contributed by atoms with E-state index in [1.807, 2.05) is 36.4 Å². The number of hydrazone groups is 1. The van der Waals surface area contributed by atoms with Gasteiger partial charge in [-0.3, -0.25) is 4.79 Å². The molecule has 0 aromatic heterocycles. The van der Waals surface area contributed by atoms with E-state index in [1.54, 1.807) is 12.1 Å². The Balaban J connectivity index is 1.94. The topological polar surface area (TPSA) is 62.1 Å². The molecule has 0 saturated heterocycles. The maximum atomic E-state index is 11.9. The number of aromatic hydroxyl groups is 1. The molecule has 3 rings (SSSR count). The Hall–Kier alpha value is -2.82. The molecule has 1 N–H and O–H groups in total. The Bertz CT molecular complexity index is 756. The van der Waals surface area contributed by atoms with Gasteiger partial charge >= 0.3 is 0 Å². The number of phenols is 1. The van der Waals surface area contributed by atoms with Gasteiger partial charge in [0.1, 0.15) is 0 Å². The van der Waals surface area contributed by atoms with Crippen molar-refractivity contribution in [1.82, 2.24) is 5.01 Å². The highest BCUT2D eigenvalue weighted by Gasteiger charge is 2.31. The molecule has 0 spiro atoms. The molecule has 0 aliphatic carbocycles. The van der Waals surface area contributed by atoms with Gasteiger partial charge in [0, 0.05) is 18.9 Å². The summed E-state index contributed by atoms with van der Waals surface area (Å²) in [7, 11) is 1.50. The number of rotatable bonds is 3. The third kappa shape index (κ3) is 2.90. The number of ether oxygens (including phenoxy) is 1. The van der Waals surface area contributed by atoms with Gasteiger partial charge in [-0.1, -0.05) is 30.3 Å². The Morgan fingerprint density at radius 3 is 2.61 bits per heavy atom. The quantitative estimate of drug-likeness (QED) is 0.947. The first-order valence-electron chi connectivity index (χ1n) is 7.39. The smallest absolute Gasteiger partial charge is 0.240 e. The summed E-state index contributed by atoms with van der Waals surface area (Å²) in [6.45, 7) is 1.51. The molecule has 0 radical (unpaired) electrons. The molecule has 118 valence electrons. The van der Waals surface area contributed by atoms with Crippen LogP contribution in [0.4, 0.5) is 0 Å². The molecule has 5 heteroatoms. The minimum atomic E-state index is -0.118. The molecule has 1 atom stereocenters. The van der Waals surface area contributed by atoms with Crippen molar-refractivity contribution in [2.24, 2.45) is 5.10 Å². The van der Waals surface area contributed by atoms with Crippen LogP contribution in [0.1, 0.15) is 30.5 Å². The summed E-state index contributed by atoms with van der Waals surface area (Å²) in [4.78, 5) is 11.9. The van der Waals surface area contributed by atoms with Gasteiger partial charge in [-0.05, 0) is 23.8 Å². The van der Waals surface area contributed by atoms with E-state index in [0.29, 0.717) is 12.2 Å². The monoisotopic (exact) mass is 310 g/mol. The second-order valence-corrected chi connectivity index (χ2v) is 5.43. The van der Waals surface area contributed by atoms with Crippen LogP contribution in [0.15, 0.2) is 53.6 Å². The van der Waals surface area contributed by atoms with Crippen molar-refractivity contribution in [2.45, 2.75) is 19.4 Å². The average Bonchev–Trinajstić information content (AvgIpc) is 3.01. The molecule has 5 nitrogen and oxygen atoms in total. The molecule has 1 aliphatic rings. The summed E-state index contributed by atoms with van der Waals surface area (Å²) in [5.74, 6) is 0.368. The van der Waals surface area contributed by atoms with E-state index in [1.165, 1.54) is 19.0 Å². The van der Waals surface area contributed by atoms with Gasteiger partial charge < -0.3 is 9.84 Å². The van der Waals surface area contributed by atoms with Gasteiger partial charge in [0.25, 0.3) is 0 Å². The van der Waals surface area contributed by atoms with Crippen molar-refractivity contribution in [2.75, 3.05) is 7.11 Å².